The average Bonchev–Trinajstić information content (AvgIpc) is 3.19. The van der Waals surface area contributed by atoms with Crippen LogP contribution in [0.3, 0.4) is 0 Å². The number of hydrogen-bond donors (Lipinski definition) is 0. The van der Waals surface area contributed by atoms with Crippen LogP contribution in [0.25, 0.3) is 0 Å². The number of piperazine rings is 1. The molecule has 3 rings (SSSR count). The van der Waals surface area contributed by atoms with E-state index in [-0.39, 0.29) is 34.5 Å². The maximum Gasteiger partial charge on any atom is 0.307 e. The van der Waals surface area contributed by atoms with Crippen LogP contribution in [-0.4, -0.2) is 54.3 Å². The molecular formula is C15H18ClN3O4S3. The molecule has 1 aliphatic heterocycles. The Morgan fingerprint density at radius 2 is 1.92 bits per heavy atom. The molecule has 1 saturated heterocycles. The van der Waals surface area contributed by atoms with Crippen LogP contribution in [0.2, 0.25) is 4.34 Å². The number of thiazole rings is 1. The van der Waals surface area contributed by atoms with Gasteiger partial charge in [0.05, 0.1) is 4.34 Å². The van der Waals surface area contributed by atoms with E-state index in [2.05, 4.69) is 0 Å². The third-order valence-electron chi connectivity index (χ3n) is 4.26. The molecular weight excluding hydrogens is 418 g/mol. The predicted molar refractivity (Wildman–Crippen MR) is 103 cm³/mol. The van der Waals surface area contributed by atoms with Crippen molar-refractivity contribution in [2.75, 3.05) is 26.2 Å². The second-order valence-corrected chi connectivity index (χ2v) is 10.6. The lowest BCUT2D eigenvalue weighted by atomic mass is 10.3. The minimum atomic E-state index is -3.56. The van der Waals surface area contributed by atoms with Crippen molar-refractivity contribution in [3.8, 4) is 0 Å². The number of carbonyl (C=O) groups excluding carboxylic acids is 1. The van der Waals surface area contributed by atoms with Crippen LogP contribution in [0.1, 0.15) is 12.1 Å². The molecule has 142 valence electrons. The molecule has 26 heavy (non-hydrogen) atoms. The number of rotatable bonds is 5. The summed E-state index contributed by atoms with van der Waals surface area (Å²) in [6.07, 6.45) is 0.227. The van der Waals surface area contributed by atoms with Gasteiger partial charge in [0.15, 0.2) is 0 Å². The molecule has 0 radical (unpaired) electrons. The second kappa shape index (κ2) is 7.81. The summed E-state index contributed by atoms with van der Waals surface area (Å²) in [7, 11) is -3.56. The molecule has 0 aliphatic carbocycles. The lowest BCUT2D eigenvalue weighted by Gasteiger charge is -2.33. The van der Waals surface area contributed by atoms with E-state index in [0.29, 0.717) is 24.0 Å². The summed E-state index contributed by atoms with van der Waals surface area (Å²) in [5.74, 6) is -0.0706. The van der Waals surface area contributed by atoms with Crippen molar-refractivity contribution in [1.29, 1.82) is 0 Å². The summed E-state index contributed by atoms with van der Waals surface area (Å²) in [6, 6.07) is 3.06. The van der Waals surface area contributed by atoms with Crippen LogP contribution in [-0.2, 0) is 21.4 Å². The first-order chi connectivity index (χ1) is 12.3. The average molecular weight is 436 g/mol. The number of nitrogens with zero attached hydrogens (tertiary/aromatic N) is 3. The molecule has 0 aromatic carbocycles. The van der Waals surface area contributed by atoms with Gasteiger partial charge in [0.25, 0.3) is 10.0 Å². The molecule has 11 heteroatoms. The van der Waals surface area contributed by atoms with E-state index in [1.54, 1.807) is 20.9 Å². The molecule has 0 saturated carbocycles. The first-order valence-corrected chi connectivity index (χ1v) is 11.5. The molecule has 0 N–H and O–H groups in total. The van der Waals surface area contributed by atoms with Crippen molar-refractivity contribution >= 4 is 50.2 Å². The van der Waals surface area contributed by atoms with Crippen LogP contribution >= 0.6 is 34.3 Å². The second-order valence-electron chi connectivity index (χ2n) is 5.89. The molecule has 2 aromatic rings. The van der Waals surface area contributed by atoms with Crippen molar-refractivity contribution in [3.63, 3.8) is 0 Å². The van der Waals surface area contributed by atoms with Crippen molar-refractivity contribution < 1.29 is 13.2 Å². The fourth-order valence-corrected chi connectivity index (χ4v) is 6.60. The first kappa shape index (κ1) is 19.6. The zero-order chi connectivity index (χ0) is 18.9. The van der Waals surface area contributed by atoms with Gasteiger partial charge in [-0.15, -0.1) is 11.3 Å². The summed E-state index contributed by atoms with van der Waals surface area (Å²) in [4.78, 5) is 25.7. The SMILES string of the molecule is Cc1csc(=O)n1CCC(=O)N1CCN(S(=O)(=O)c2ccc(Cl)s2)CC1. The van der Waals surface area contributed by atoms with E-state index < -0.39 is 10.0 Å². The Labute approximate surface area is 164 Å². The van der Waals surface area contributed by atoms with Crippen molar-refractivity contribution in [1.82, 2.24) is 13.8 Å². The van der Waals surface area contributed by atoms with E-state index in [1.807, 2.05) is 6.92 Å². The van der Waals surface area contributed by atoms with Crippen molar-refractivity contribution in [2.24, 2.45) is 0 Å². The molecule has 0 unspecified atom stereocenters. The van der Waals surface area contributed by atoms with Gasteiger partial charge in [0.2, 0.25) is 5.91 Å². The Bertz CT molecular complexity index is 955. The van der Waals surface area contributed by atoms with Crippen LogP contribution in [0.15, 0.2) is 26.5 Å². The van der Waals surface area contributed by atoms with Crippen LogP contribution in [0.5, 0.6) is 0 Å². The van der Waals surface area contributed by atoms with Gasteiger partial charge in [0.1, 0.15) is 4.21 Å². The largest absolute Gasteiger partial charge is 0.340 e. The van der Waals surface area contributed by atoms with Gasteiger partial charge >= 0.3 is 4.87 Å². The summed E-state index contributed by atoms with van der Waals surface area (Å²) >= 11 is 7.98. The molecule has 0 spiro atoms. The molecule has 1 amide bonds. The molecule has 1 fully saturated rings. The topological polar surface area (TPSA) is 79.7 Å². The summed E-state index contributed by atoms with van der Waals surface area (Å²) in [5, 5.41) is 1.77. The van der Waals surface area contributed by atoms with E-state index in [4.69, 9.17) is 11.6 Å². The molecule has 0 bridgehead atoms. The Kier molecular flexibility index (Phi) is 5.88. The van der Waals surface area contributed by atoms with Gasteiger partial charge in [-0.1, -0.05) is 22.9 Å². The quantitative estimate of drug-likeness (QED) is 0.717. The molecule has 0 atom stereocenters. The number of hydrogen-bond acceptors (Lipinski definition) is 6. The number of thiophene rings is 1. The predicted octanol–water partition coefficient (Wildman–Crippen LogP) is 1.86. The van der Waals surface area contributed by atoms with E-state index in [9.17, 15) is 18.0 Å². The van der Waals surface area contributed by atoms with E-state index in [1.165, 1.54) is 10.4 Å². The number of carbonyl (C=O) groups is 1. The molecule has 7 nitrogen and oxygen atoms in total. The van der Waals surface area contributed by atoms with Gasteiger partial charge < -0.3 is 9.47 Å². The van der Waals surface area contributed by atoms with Crippen molar-refractivity contribution in [3.05, 3.63) is 37.2 Å². The summed E-state index contributed by atoms with van der Waals surface area (Å²) in [6.45, 7) is 3.37. The number of aromatic nitrogens is 1. The molecule has 1 aliphatic rings. The zero-order valence-corrected chi connectivity index (χ0v) is 17.3. The van der Waals surface area contributed by atoms with Gasteiger partial charge in [-0.2, -0.15) is 4.31 Å². The van der Waals surface area contributed by atoms with E-state index in [0.717, 1.165) is 28.4 Å². The maximum absolute atomic E-state index is 12.6. The normalized spacial score (nSPS) is 16.2. The van der Waals surface area contributed by atoms with Gasteiger partial charge in [-0.25, -0.2) is 8.42 Å². The Morgan fingerprint density at radius 1 is 1.23 bits per heavy atom. The monoisotopic (exact) mass is 435 g/mol. The third kappa shape index (κ3) is 4.04. The number of aryl methyl sites for hydroxylation is 1. The smallest absolute Gasteiger partial charge is 0.307 e. The Balaban J connectivity index is 1.56. The Morgan fingerprint density at radius 3 is 2.46 bits per heavy atom. The molecule has 2 aromatic heterocycles. The standard InChI is InChI=1S/C15H18ClN3O4S3/c1-11-10-24-15(21)19(11)5-4-13(20)17-6-8-18(9-7-17)26(22,23)14-3-2-12(16)25-14/h2-3,10H,4-9H2,1H3. The van der Waals surface area contributed by atoms with Gasteiger partial charge in [-0.3, -0.25) is 9.59 Å². The van der Waals surface area contributed by atoms with E-state index >= 15 is 0 Å². The highest BCUT2D eigenvalue weighted by molar-refractivity contribution is 7.91. The highest BCUT2D eigenvalue weighted by Gasteiger charge is 2.31. The molecule has 3 heterocycles. The fourth-order valence-electron chi connectivity index (χ4n) is 2.78. The highest BCUT2D eigenvalue weighted by Crippen LogP contribution is 2.28. The number of amides is 1. The zero-order valence-electron chi connectivity index (χ0n) is 14.1. The van der Waals surface area contributed by atoms with Crippen LogP contribution in [0, 0.1) is 6.92 Å². The number of sulfonamides is 1. The number of halogens is 1. The lowest BCUT2D eigenvalue weighted by Crippen LogP contribution is -2.50. The minimum absolute atomic E-state index is 0.0687. The summed E-state index contributed by atoms with van der Waals surface area (Å²) < 4.78 is 28.8. The first-order valence-electron chi connectivity index (χ1n) is 7.97. The minimum Gasteiger partial charge on any atom is -0.340 e. The highest BCUT2D eigenvalue weighted by atomic mass is 35.5. The van der Waals surface area contributed by atoms with Gasteiger partial charge in [0, 0.05) is 50.2 Å². The fraction of sp³-hybridized carbons (Fsp3) is 0.467. The van der Waals surface area contributed by atoms with Crippen LogP contribution in [0.4, 0.5) is 0 Å². The van der Waals surface area contributed by atoms with Crippen LogP contribution < -0.4 is 4.87 Å². The van der Waals surface area contributed by atoms with Gasteiger partial charge in [-0.05, 0) is 19.1 Å². The lowest BCUT2D eigenvalue weighted by molar-refractivity contribution is -0.132. The maximum atomic E-state index is 12.6. The third-order valence-corrected chi connectivity index (χ3v) is 8.74. The Hall–Kier alpha value is -1.20. The summed E-state index contributed by atoms with van der Waals surface area (Å²) in [5.41, 5.74) is 0.846. The van der Waals surface area contributed by atoms with Crippen molar-refractivity contribution in [2.45, 2.75) is 24.1 Å².